The van der Waals surface area contributed by atoms with Crippen LogP contribution < -0.4 is 4.18 Å². The summed E-state index contributed by atoms with van der Waals surface area (Å²) in [7, 11) is -3.98. The Morgan fingerprint density at radius 2 is 1.80 bits per heavy atom. The topological polar surface area (TPSA) is 63.6 Å². The molecule has 0 radical (unpaired) electrons. The van der Waals surface area contributed by atoms with Gasteiger partial charge in [0.15, 0.2) is 11.5 Å². The first kappa shape index (κ1) is 14.7. The van der Waals surface area contributed by atoms with Crippen molar-refractivity contribution in [2.24, 2.45) is 0 Å². The Morgan fingerprint density at radius 3 is 2.40 bits per heavy atom. The molecule has 0 atom stereocenters. The first-order valence-electron chi connectivity index (χ1n) is 5.81. The summed E-state index contributed by atoms with van der Waals surface area (Å²) in [5.41, 5.74) is 1.59. The summed E-state index contributed by atoms with van der Waals surface area (Å²) in [6, 6.07) is 10.6. The molecule has 106 valence electrons. The number of hydrogen-bond acceptors (Lipinski definition) is 4. The van der Waals surface area contributed by atoms with Crippen molar-refractivity contribution >= 4 is 21.7 Å². The van der Waals surface area contributed by atoms with Gasteiger partial charge in [0.2, 0.25) is 0 Å². The summed E-state index contributed by atoms with van der Waals surface area (Å²) in [5, 5.41) is 9.65. The second-order valence-corrected chi connectivity index (χ2v) is 6.10. The van der Waals surface area contributed by atoms with Crippen LogP contribution in [0.3, 0.4) is 0 Å². The van der Waals surface area contributed by atoms with Gasteiger partial charge < -0.3 is 9.29 Å². The van der Waals surface area contributed by atoms with Crippen LogP contribution in [0.4, 0.5) is 0 Å². The molecule has 0 bridgehead atoms. The highest BCUT2D eigenvalue weighted by Gasteiger charge is 2.18. The average Bonchev–Trinajstić information content (AvgIpc) is 2.41. The molecule has 0 spiro atoms. The van der Waals surface area contributed by atoms with Crippen LogP contribution in [-0.4, -0.2) is 13.5 Å². The molecule has 0 unspecified atom stereocenters. The molecule has 0 aliphatic carbocycles. The van der Waals surface area contributed by atoms with E-state index in [4.69, 9.17) is 15.8 Å². The quantitative estimate of drug-likeness (QED) is 0.695. The van der Waals surface area contributed by atoms with Crippen LogP contribution in [0.25, 0.3) is 0 Å². The number of aryl methyl sites for hydroxylation is 1. The summed E-state index contributed by atoms with van der Waals surface area (Å²) in [5.74, 6) is -0.195. The van der Waals surface area contributed by atoms with Crippen LogP contribution in [-0.2, 0) is 16.0 Å². The minimum Gasteiger partial charge on any atom is -0.504 e. The van der Waals surface area contributed by atoms with Crippen molar-refractivity contribution in [3.05, 3.63) is 53.6 Å². The number of benzene rings is 2. The van der Waals surface area contributed by atoms with E-state index in [1.807, 2.05) is 6.92 Å². The Labute approximate surface area is 122 Å². The van der Waals surface area contributed by atoms with Gasteiger partial charge in [-0.2, -0.15) is 8.42 Å². The van der Waals surface area contributed by atoms with Crippen molar-refractivity contribution in [2.45, 2.75) is 17.7 Å². The Bertz CT molecular complexity index is 708. The molecule has 0 aliphatic rings. The van der Waals surface area contributed by atoms with Gasteiger partial charge in [-0.05, 0) is 36.8 Å². The number of phenols is 1. The molecule has 1 N–H and O–H groups in total. The Hall–Kier alpha value is -1.72. The fraction of sp³-hybridized carbons (Fsp3) is 0.143. The van der Waals surface area contributed by atoms with Gasteiger partial charge >= 0.3 is 10.1 Å². The lowest BCUT2D eigenvalue weighted by molar-refractivity contribution is 0.428. The Balaban J connectivity index is 2.35. The van der Waals surface area contributed by atoms with Crippen LogP contribution in [0, 0.1) is 6.92 Å². The molecule has 0 amide bonds. The van der Waals surface area contributed by atoms with E-state index < -0.39 is 10.1 Å². The molecular weight excluding hydrogens is 300 g/mol. The van der Waals surface area contributed by atoms with Crippen molar-refractivity contribution in [1.82, 2.24) is 0 Å². The van der Waals surface area contributed by atoms with Gasteiger partial charge in [0, 0.05) is 5.88 Å². The van der Waals surface area contributed by atoms with Crippen molar-refractivity contribution < 1.29 is 17.7 Å². The van der Waals surface area contributed by atoms with Crippen LogP contribution in [0.5, 0.6) is 11.5 Å². The number of rotatable bonds is 4. The summed E-state index contributed by atoms with van der Waals surface area (Å²) in [6.07, 6.45) is 0. The van der Waals surface area contributed by atoms with Crippen molar-refractivity contribution in [1.29, 1.82) is 0 Å². The molecule has 0 saturated heterocycles. The summed E-state index contributed by atoms with van der Waals surface area (Å²) < 4.78 is 29.2. The molecule has 0 aromatic heterocycles. The molecule has 0 fully saturated rings. The van der Waals surface area contributed by atoms with Gasteiger partial charge in [-0.15, -0.1) is 11.6 Å². The van der Waals surface area contributed by atoms with Gasteiger partial charge in [0.1, 0.15) is 4.90 Å². The molecule has 2 rings (SSSR count). The highest BCUT2D eigenvalue weighted by atomic mass is 35.5. The third-order valence-electron chi connectivity index (χ3n) is 2.69. The molecule has 2 aromatic carbocycles. The van der Waals surface area contributed by atoms with Crippen molar-refractivity contribution in [3.63, 3.8) is 0 Å². The largest absolute Gasteiger partial charge is 0.504 e. The smallest absolute Gasteiger partial charge is 0.339 e. The number of phenolic OH excluding ortho intramolecular Hbond substituents is 1. The van der Waals surface area contributed by atoms with Gasteiger partial charge in [-0.1, -0.05) is 23.8 Å². The van der Waals surface area contributed by atoms with Gasteiger partial charge in [-0.3, -0.25) is 0 Å². The first-order valence-corrected chi connectivity index (χ1v) is 7.75. The van der Waals surface area contributed by atoms with Gasteiger partial charge in [0.05, 0.1) is 0 Å². The minimum atomic E-state index is -3.98. The Morgan fingerprint density at radius 1 is 1.15 bits per heavy atom. The van der Waals surface area contributed by atoms with Crippen LogP contribution >= 0.6 is 11.6 Å². The molecule has 20 heavy (non-hydrogen) atoms. The molecular formula is C14H13ClO4S. The molecule has 2 aromatic rings. The van der Waals surface area contributed by atoms with E-state index in [0.717, 1.165) is 5.56 Å². The van der Waals surface area contributed by atoms with Crippen molar-refractivity contribution in [3.8, 4) is 11.5 Å². The van der Waals surface area contributed by atoms with E-state index in [1.54, 1.807) is 18.2 Å². The van der Waals surface area contributed by atoms with Crippen molar-refractivity contribution in [2.75, 3.05) is 0 Å². The van der Waals surface area contributed by atoms with Crippen LogP contribution in [0.2, 0.25) is 0 Å². The van der Waals surface area contributed by atoms with Gasteiger partial charge in [0.25, 0.3) is 0 Å². The van der Waals surface area contributed by atoms with E-state index in [2.05, 4.69) is 0 Å². The standard InChI is InChI=1S/C14H13ClO4S/c1-10-2-5-12(6-3-10)20(17,18)19-14-8-11(9-15)4-7-13(14)16/h2-8,16H,9H2,1H3. The van der Waals surface area contributed by atoms with Crippen LogP contribution in [0.1, 0.15) is 11.1 Å². The van der Waals surface area contributed by atoms with Gasteiger partial charge in [-0.25, -0.2) is 0 Å². The third kappa shape index (κ3) is 3.23. The fourth-order valence-corrected chi connectivity index (χ4v) is 2.68. The summed E-state index contributed by atoms with van der Waals surface area (Å²) >= 11 is 5.67. The van der Waals surface area contributed by atoms with E-state index in [0.29, 0.717) is 5.56 Å². The second kappa shape index (κ2) is 5.73. The molecule has 4 nitrogen and oxygen atoms in total. The summed E-state index contributed by atoms with van der Waals surface area (Å²) in [4.78, 5) is 0.0266. The number of aromatic hydroxyl groups is 1. The number of hydrogen-bond donors (Lipinski definition) is 1. The minimum absolute atomic E-state index is 0.0266. The third-order valence-corrected chi connectivity index (χ3v) is 4.24. The summed E-state index contributed by atoms with van der Waals surface area (Å²) in [6.45, 7) is 1.85. The van der Waals surface area contributed by atoms with E-state index in [-0.39, 0.29) is 22.3 Å². The lowest BCUT2D eigenvalue weighted by Gasteiger charge is -2.09. The highest BCUT2D eigenvalue weighted by Crippen LogP contribution is 2.30. The maximum atomic E-state index is 12.1. The van der Waals surface area contributed by atoms with E-state index in [1.165, 1.54) is 24.3 Å². The maximum Gasteiger partial charge on any atom is 0.339 e. The fourth-order valence-electron chi connectivity index (χ4n) is 1.58. The zero-order chi connectivity index (χ0) is 14.8. The predicted octanol–water partition coefficient (Wildman–Crippen LogP) is 3.21. The molecule has 0 heterocycles. The normalized spacial score (nSPS) is 11.3. The number of alkyl halides is 1. The Kier molecular flexibility index (Phi) is 4.20. The predicted molar refractivity (Wildman–Crippen MR) is 76.7 cm³/mol. The SMILES string of the molecule is Cc1ccc(S(=O)(=O)Oc2cc(CCl)ccc2O)cc1. The molecule has 0 saturated carbocycles. The lowest BCUT2D eigenvalue weighted by atomic mass is 10.2. The molecule has 6 heteroatoms. The first-order chi connectivity index (χ1) is 9.42. The average molecular weight is 313 g/mol. The van der Waals surface area contributed by atoms with Crippen LogP contribution in [0.15, 0.2) is 47.4 Å². The zero-order valence-corrected chi connectivity index (χ0v) is 12.3. The molecule has 0 aliphatic heterocycles. The second-order valence-electron chi connectivity index (χ2n) is 4.29. The zero-order valence-electron chi connectivity index (χ0n) is 10.7. The monoisotopic (exact) mass is 312 g/mol. The highest BCUT2D eigenvalue weighted by molar-refractivity contribution is 7.87. The lowest BCUT2D eigenvalue weighted by Crippen LogP contribution is -2.10. The number of halogens is 1. The van der Waals surface area contributed by atoms with E-state index in [9.17, 15) is 13.5 Å². The maximum absolute atomic E-state index is 12.1. The van der Waals surface area contributed by atoms with E-state index >= 15 is 0 Å².